The van der Waals surface area contributed by atoms with Crippen LogP contribution in [0.2, 0.25) is 0 Å². The van der Waals surface area contributed by atoms with Crippen LogP contribution in [0.25, 0.3) is 0 Å². The summed E-state index contributed by atoms with van der Waals surface area (Å²) in [6.45, 7) is 0.202. The minimum Gasteiger partial charge on any atom is -0.394 e. The summed E-state index contributed by atoms with van der Waals surface area (Å²) in [6, 6.07) is 4.78. The minimum atomic E-state index is -4.30. The molecule has 1 aliphatic rings. The molecule has 0 radical (unpaired) electrons. The number of carbonyl (C=O) groups excluding carboxylic acids is 2. The van der Waals surface area contributed by atoms with Crippen molar-refractivity contribution in [3.63, 3.8) is 0 Å². The number of nitrogens with one attached hydrogen (secondary N) is 1. The van der Waals surface area contributed by atoms with Gasteiger partial charge >= 0.3 is 18.0 Å². The highest BCUT2D eigenvalue weighted by Crippen LogP contribution is 2.22. The summed E-state index contributed by atoms with van der Waals surface area (Å²) in [7, 11) is 0. The highest BCUT2D eigenvalue weighted by atomic mass is 19.4. The molecule has 0 saturated carbocycles. The molecule has 0 aliphatic carbocycles. The Morgan fingerprint density at radius 3 is 2.48 bits per heavy atom. The molecule has 23 heavy (non-hydrogen) atoms. The molecule has 0 aromatic heterocycles. The number of aliphatic hydroxyl groups is 1. The summed E-state index contributed by atoms with van der Waals surface area (Å²) in [5, 5.41) is 11.5. The van der Waals surface area contributed by atoms with Crippen molar-refractivity contribution in [3.05, 3.63) is 29.8 Å². The van der Waals surface area contributed by atoms with E-state index >= 15 is 0 Å². The molecule has 0 bridgehead atoms. The third kappa shape index (κ3) is 4.69. The fraction of sp³-hybridized carbons (Fsp3) is 0.467. The van der Waals surface area contributed by atoms with Gasteiger partial charge in [-0.15, -0.1) is 0 Å². The van der Waals surface area contributed by atoms with Gasteiger partial charge in [0.25, 0.3) is 0 Å². The van der Waals surface area contributed by atoms with E-state index in [1.54, 1.807) is 0 Å². The van der Waals surface area contributed by atoms with Gasteiger partial charge in [-0.3, -0.25) is 9.59 Å². The van der Waals surface area contributed by atoms with Crippen LogP contribution in [-0.4, -0.2) is 47.2 Å². The van der Waals surface area contributed by atoms with Gasteiger partial charge in [0, 0.05) is 12.2 Å². The van der Waals surface area contributed by atoms with E-state index in [-0.39, 0.29) is 23.9 Å². The standard InChI is InChI=1S/C15H17F3N2O3/c16-15(17,18)8-10-3-5-11(6-4-10)19-13(22)14(23)20-7-1-2-12(20)9-21/h3-6,12,21H,1-2,7-9H2,(H,19,22)/t12-/m0/s1. The third-order valence-electron chi connectivity index (χ3n) is 3.66. The number of benzene rings is 1. The van der Waals surface area contributed by atoms with E-state index in [2.05, 4.69) is 5.32 Å². The van der Waals surface area contributed by atoms with Gasteiger partial charge in [-0.1, -0.05) is 12.1 Å². The predicted molar refractivity (Wildman–Crippen MR) is 76.7 cm³/mol. The number of anilines is 1. The second-order valence-corrected chi connectivity index (χ2v) is 5.42. The number of nitrogens with zero attached hydrogens (tertiary/aromatic N) is 1. The van der Waals surface area contributed by atoms with Gasteiger partial charge in [-0.25, -0.2) is 0 Å². The second-order valence-electron chi connectivity index (χ2n) is 5.42. The van der Waals surface area contributed by atoms with Crippen LogP contribution in [0.4, 0.5) is 18.9 Å². The van der Waals surface area contributed by atoms with Crippen molar-refractivity contribution < 1.29 is 27.9 Å². The van der Waals surface area contributed by atoms with Gasteiger partial charge in [-0.05, 0) is 30.5 Å². The van der Waals surface area contributed by atoms with Crippen molar-refractivity contribution in [2.75, 3.05) is 18.5 Å². The van der Waals surface area contributed by atoms with Crippen LogP contribution in [0.5, 0.6) is 0 Å². The maximum Gasteiger partial charge on any atom is 0.393 e. The molecule has 2 amide bonds. The van der Waals surface area contributed by atoms with Gasteiger partial charge in [-0.2, -0.15) is 13.2 Å². The Morgan fingerprint density at radius 1 is 1.26 bits per heavy atom. The normalized spacial score (nSPS) is 18.1. The number of hydrogen-bond acceptors (Lipinski definition) is 3. The third-order valence-corrected chi connectivity index (χ3v) is 3.66. The first-order valence-electron chi connectivity index (χ1n) is 7.18. The zero-order chi connectivity index (χ0) is 17.0. The van der Waals surface area contributed by atoms with Crippen molar-refractivity contribution in [2.45, 2.75) is 31.5 Å². The quantitative estimate of drug-likeness (QED) is 0.829. The van der Waals surface area contributed by atoms with E-state index in [4.69, 9.17) is 5.11 Å². The van der Waals surface area contributed by atoms with Crippen LogP contribution >= 0.6 is 0 Å². The van der Waals surface area contributed by atoms with Crippen LogP contribution in [-0.2, 0) is 16.0 Å². The van der Waals surface area contributed by atoms with Crippen LogP contribution in [0.3, 0.4) is 0 Å². The lowest BCUT2D eigenvalue weighted by Crippen LogP contribution is -2.43. The molecule has 2 rings (SSSR count). The zero-order valence-corrected chi connectivity index (χ0v) is 12.3. The summed E-state index contributed by atoms with van der Waals surface area (Å²) in [6.07, 6.45) is -3.99. The number of amides is 2. The van der Waals surface area contributed by atoms with E-state index in [1.807, 2.05) is 0 Å². The minimum absolute atomic E-state index is 0.0710. The number of likely N-dealkylation sites (tertiary alicyclic amines) is 1. The largest absolute Gasteiger partial charge is 0.394 e. The molecule has 8 heteroatoms. The number of aliphatic hydroxyl groups excluding tert-OH is 1. The van der Waals surface area contributed by atoms with Crippen LogP contribution in [0.15, 0.2) is 24.3 Å². The molecule has 1 aromatic carbocycles. The summed E-state index contributed by atoms with van der Waals surface area (Å²) in [5.41, 5.74) is 0.315. The highest BCUT2D eigenvalue weighted by Gasteiger charge is 2.32. The Labute approximate surface area is 131 Å². The van der Waals surface area contributed by atoms with E-state index < -0.39 is 24.4 Å². The van der Waals surface area contributed by atoms with Gasteiger partial charge in [0.05, 0.1) is 19.1 Å². The summed E-state index contributed by atoms with van der Waals surface area (Å²) in [4.78, 5) is 25.3. The number of hydrogen-bond donors (Lipinski definition) is 2. The molecular weight excluding hydrogens is 313 g/mol. The summed E-state index contributed by atoms with van der Waals surface area (Å²) in [5.74, 6) is -1.62. The monoisotopic (exact) mass is 330 g/mol. The van der Waals surface area contributed by atoms with E-state index in [0.29, 0.717) is 13.0 Å². The number of rotatable bonds is 3. The first-order valence-corrected chi connectivity index (χ1v) is 7.18. The molecule has 0 spiro atoms. The Morgan fingerprint density at radius 2 is 1.91 bits per heavy atom. The molecule has 1 heterocycles. The lowest BCUT2D eigenvalue weighted by Gasteiger charge is -2.22. The van der Waals surface area contributed by atoms with Crippen LogP contribution < -0.4 is 5.32 Å². The van der Waals surface area contributed by atoms with Crippen LogP contribution in [0, 0.1) is 0 Å². The number of carbonyl (C=O) groups is 2. The Bertz CT molecular complexity index is 572. The van der Waals surface area contributed by atoms with Gasteiger partial charge < -0.3 is 15.3 Å². The molecule has 1 aliphatic heterocycles. The highest BCUT2D eigenvalue weighted by molar-refractivity contribution is 6.39. The second kappa shape index (κ2) is 6.99. The maximum atomic E-state index is 12.3. The molecular formula is C15H17F3N2O3. The average Bonchev–Trinajstić information content (AvgIpc) is 2.95. The van der Waals surface area contributed by atoms with E-state index in [9.17, 15) is 22.8 Å². The zero-order valence-electron chi connectivity index (χ0n) is 12.3. The van der Waals surface area contributed by atoms with Gasteiger partial charge in [0.2, 0.25) is 0 Å². The Kier molecular flexibility index (Phi) is 5.25. The summed E-state index contributed by atoms with van der Waals surface area (Å²) < 4.78 is 36.8. The van der Waals surface area contributed by atoms with Crippen molar-refractivity contribution in [1.82, 2.24) is 4.90 Å². The van der Waals surface area contributed by atoms with Crippen molar-refractivity contribution >= 4 is 17.5 Å². The lowest BCUT2D eigenvalue weighted by molar-refractivity contribution is -0.144. The van der Waals surface area contributed by atoms with Gasteiger partial charge in [0.15, 0.2) is 0 Å². The number of halogens is 3. The molecule has 0 unspecified atom stereocenters. The molecule has 1 atom stereocenters. The maximum absolute atomic E-state index is 12.3. The first-order chi connectivity index (χ1) is 10.8. The lowest BCUT2D eigenvalue weighted by atomic mass is 10.1. The molecule has 126 valence electrons. The molecule has 2 N–H and O–H groups in total. The van der Waals surface area contributed by atoms with Crippen molar-refractivity contribution in [3.8, 4) is 0 Å². The SMILES string of the molecule is O=C(Nc1ccc(CC(F)(F)F)cc1)C(=O)N1CCC[C@H]1CO. The Hall–Kier alpha value is -2.09. The smallest absolute Gasteiger partial charge is 0.393 e. The first kappa shape index (κ1) is 17.3. The van der Waals surface area contributed by atoms with Crippen molar-refractivity contribution in [2.24, 2.45) is 0 Å². The Balaban J connectivity index is 1.96. The van der Waals surface area contributed by atoms with Gasteiger partial charge in [0.1, 0.15) is 0 Å². The van der Waals surface area contributed by atoms with Crippen LogP contribution in [0.1, 0.15) is 18.4 Å². The topological polar surface area (TPSA) is 69.6 Å². The number of alkyl halides is 3. The summed E-state index contributed by atoms with van der Waals surface area (Å²) >= 11 is 0. The molecule has 1 saturated heterocycles. The van der Waals surface area contributed by atoms with Crippen molar-refractivity contribution in [1.29, 1.82) is 0 Å². The predicted octanol–water partition coefficient (Wildman–Crippen LogP) is 1.71. The fourth-order valence-electron chi connectivity index (χ4n) is 2.55. The average molecular weight is 330 g/mol. The van der Waals surface area contributed by atoms with E-state index in [1.165, 1.54) is 29.2 Å². The van der Waals surface area contributed by atoms with E-state index in [0.717, 1.165) is 6.42 Å². The molecule has 5 nitrogen and oxygen atoms in total. The molecule has 1 aromatic rings. The fourth-order valence-corrected chi connectivity index (χ4v) is 2.55. The molecule has 1 fully saturated rings.